The van der Waals surface area contributed by atoms with Gasteiger partial charge < -0.3 is 13.7 Å². The number of aryl methyl sites for hydroxylation is 2. The minimum absolute atomic E-state index is 0.00686. The van der Waals surface area contributed by atoms with Gasteiger partial charge >= 0.3 is 10.1 Å². The van der Waals surface area contributed by atoms with Gasteiger partial charge in [0.15, 0.2) is 0 Å². The molecular weight excluding hydrogens is 514 g/mol. The van der Waals surface area contributed by atoms with Crippen LogP contribution in [0, 0.1) is 13.8 Å². The molecule has 1 saturated heterocycles. The summed E-state index contributed by atoms with van der Waals surface area (Å²) in [5, 5.41) is -0.369. The number of carbonyl (C=O) groups excluding carboxylic acids is 2. The zero-order valence-electron chi connectivity index (χ0n) is 20.5. The highest BCUT2D eigenvalue weighted by Crippen LogP contribution is 2.32. The van der Waals surface area contributed by atoms with Gasteiger partial charge in [-0.3, -0.25) is 14.5 Å². The molecule has 0 aliphatic carbocycles. The van der Waals surface area contributed by atoms with Crippen LogP contribution in [0.5, 0.6) is 17.2 Å². The molecule has 0 radical (unpaired) electrons. The first kappa shape index (κ1) is 26.3. The van der Waals surface area contributed by atoms with E-state index in [0.29, 0.717) is 11.3 Å². The van der Waals surface area contributed by atoms with Crippen LogP contribution < -0.4 is 13.7 Å². The second kappa shape index (κ2) is 11.1. The zero-order chi connectivity index (χ0) is 26.6. The lowest BCUT2D eigenvalue weighted by molar-refractivity contribution is -0.123. The van der Waals surface area contributed by atoms with Crippen molar-refractivity contribution < 1.29 is 31.7 Å². The van der Waals surface area contributed by atoms with Gasteiger partial charge in [-0.2, -0.15) is 8.42 Å². The minimum Gasteiger partial charge on any atom is -0.497 e. The highest BCUT2D eigenvalue weighted by Gasteiger charge is 2.34. The molecule has 4 rings (SSSR count). The standard InChI is InChI=1S/C27H25NO7S2/c1-18-4-5-19(2)24(16-18)34-15-14-28-26(29)25(36-27(28)30)17-20-6-8-22(9-7-20)35-37(31,32)23-12-10-21(33-3)11-13-23/h4-13,16-17H,14-15H2,1-3H3/b25-17-. The monoisotopic (exact) mass is 539 g/mol. The summed E-state index contributed by atoms with van der Waals surface area (Å²) < 4.78 is 41.1. The number of methoxy groups -OCH3 is 1. The Hall–Kier alpha value is -3.76. The smallest absolute Gasteiger partial charge is 0.339 e. The number of amides is 2. The average Bonchev–Trinajstić information content (AvgIpc) is 3.14. The number of benzene rings is 3. The third-order valence-electron chi connectivity index (χ3n) is 5.52. The van der Waals surface area contributed by atoms with E-state index in [9.17, 15) is 18.0 Å². The van der Waals surface area contributed by atoms with Gasteiger partial charge in [0.05, 0.1) is 18.6 Å². The first-order valence-corrected chi connectivity index (χ1v) is 13.5. The van der Waals surface area contributed by atoms with Crippen molar-refractivity contribution in [2.45, 2.75) is 18.7 Å². The van der Waals surface area contributed by atoms with Crippen molar-refractivity contribution in [1.29, 1.82) is 0 Å². The molecule has 8 nitrogen and oxygen atoms in total. The maximum Gasteiger partial charge on any atom is 0.339 e. The molecule has 0 saturated carbocycles. The second-order valence-corrected chi connectivity index (χ2v) is 10.8. The van der Waals surface area contributed by atoms with E-state index in [4.69, 9.17) is 13.7 Å². The fourth-order valence-electron chi connectivity index (χ4n) is 3.49. The minimum atomic E-state index is -4.02. The number of hydrogen-bond acceptors (Lipinski definition) is 8. The van der Waals surface area contributed by atoms with Crippen LogP contribution >= 0.6 is 11.8 Å². The summed E-state index contributed by atoms with van der Waals surface area (Å²) >= 11 is 0.849. The van der Waals surface area contributed by atoms with Gasteiger partial charge in [0, 0.05) is 0 Å². The Morgan fingerprint density at radius 1 is 0.919 bits per heavy atom. The van der Waals surface area contributed by atoms with E-state index < -0.39 is 16.0 Å². The maximum absolute atomic E-state index is 12.8. The first-order valence-electron chi connectivity index (χ1n) is 11.3. The van der Waals surface area contributed by atoms with Gasteiger partial charge in [0.25, 0.3) is 11.1 Å². The van der Waals surface area contributed by atoms with Crippen LogP contribution in [-0.4, -0.2) is 44.7 Å². The summed E-state index contributed by atoms with van der Waals surface area (Å²) in [4.78, 5) is 26.6. The van der Waals surface area contributed by atoms with Crippen LogP contribution in [0.25, 0.3) is 6.08 Å². The van der Waals surface area contributed by atoms with E-state index in [1.165, 1.54) is 43.5 Å². The van der Waals surface area contributed by atoms with Crippen LogP contribution in [0.1, 0.15) is 16.7 Å². The van der Waals surface area contributed by atoms with Crippen LogP contribution in [-0.2, 0) is 14.9 Å². The fraction of sp³-hybridized carbons (Fsp3) is 0.185. The maximum atomic E-state index is 12.8. The number of thioether (sulfide) groups is 1. The Bertz CT molecular complexity index is 1450. The Labute approximate surface area is 220 Å². The van der Waals surface area contributed by atoms with Crippen molar-refractivity contribution in [3.63, 3.8) is 0 Å². The molecule has 0 spiro atoms. The summed E-state index contributed by atoms with van der Waals surface area (Å²) in [6.45, 7) is 4.21. The van der Waals surface area contributed by atoms with Crippen LogP contribution in [0.15, 0.2) is 76.5 Å². The van der Waals surface area contributed by atoms with Gasteiger partial charge in [-0.05, 0) is 90.8 Å². The summed E-state index contributed by atoms with van der Waals surface area (Å²) in [5.41, 5.74) is 2.65. The van der Waals surface area contributed by atoms with Gasteiger partial charge in [0.2, 0.25) is 0 Å². The first-order chi connectivity index (χ1) is 17.7. The van der Waals surface area contributed by atoms with E-state index in [-0.39, 0.29) is 33.9 Å². The Kier molecular flexibility index (Phi) is 7.89. The lowest BCUT2D eigenvalue weighted by atomic mass is 10.1. The molecule has 0 unspecified atom stereocenters. The van der Waals surface area contributed by atoms with Crippen LogP contribution in [0.4, 0.5) is 4.79 Å². The van der Waals surface area contributed by atoms with E-state index in [1.807, 2.05) is 32.0 Å². The van der Waals surface area contributed by atoms with Gasteiger partial charge in [-0.1, -0.05) is 24.3 Å². The fourth-order valence-corrected chi connectivity index (χ4v) is 5.29. The predicted octanol–water partition coefficient (Wildman–Crippen LogP) is 5.20. The van der Waals surface area contributed by atoms with E-state index in [0.717, 1.165) is 33.5 Å². The normalized spacial score (nSPS) is 14.8. The molecular formula is C27H25NO7S2. The largest absolute Gasteiger partial charge is 0.497 e. The van der Waals surface area contributed by atoms with Crippen molar-refractivity contribution in [3.05, 3.63) is 88.3 Å². The van der Waals surface area contributed by atoms with E-state index in [1.54, 1.807) is 18.2 Å². The van der Waals surface area contributed by atoms with Crippen molar-refractivity contribution in [1.82, 2.24) is 4.90 Å². The van der Waals surface area contributed by atoms with Gasteiger partial charge in [0.1, 0.15) is 28.8 Å². The predicted molar refractivity (Wildman–Crippen MR) is 141 cm³/mol. The van der Waals surface area contributed by atoms with Gasteiger partial charge in [-0.15, -0.1) is 0 Å². The molecule has 3 aromatic rings. The van der Waals surface area contributed by atoms with Crippen molar-refractivity contribution in [3.8, 4) is 17.2 Å². The van der Waals surface area contributed by atoms with Crippen molar-refractivity contribution in [2.75, 3.05) is 20.3 Å². The highest BCUT2D eigenvalue weighted by molar-refractivity contribution is 8.18. The molecule has 0 atom stereocenters. The number of nitrogens with zero attached hydrogens (tertiary/aromatic N) is 1. The average molecular weight is 540 g/mol. The molecule has 192 valence electrons. The van der Waals surface area contributed by atoms with Crippen molar-refractivity contribution in [2.24, 2.45) is 0 Å². The molecule has 1 heterocycles. The number of ether oxygens (including phenoxy) is 2. The molecule has 0 N–H and O–H groups in total. The highest BCUT2D eigenvalue weighted by atomic mass is 32.2. The van der Waals surface area contributed by atoms with E-state index >= 15 is 0 Å². The van der Waals surface area contributed by atoms with Crippen LogP contribution in [0.3, 0.4) is 0 Å². The number of carbonyl (C=O) groups is 2. The van der Waals surface area contributed by atoms with E-state index in [2.05, 4.69) is 0 Å². The third-order valence-corrected chi connectivity index (χ3v) is 7.69. The molecule has 0 bridgehead atoms. The van der Waals surface area contributed by atoms with Crippen LogP contribution in [0.2, 0.25) is 0 Å². The molecule has 1 fully saturated rings. The summed E-state index contributed by atoms with van der Waals surface area (Å²) in [6, 6.07) is 17.9. The third kappa shape index (κ3) is 6.33. The Morgan fingerprint density at radius 3 is 2.27 bits per heavy atom. The number of hydrogen-bond donors (Lipinski definition) is 0. The summed E-state index contributed by atoms with van der Waals surface area (Å²) in [5.74, 6) is 0.965. The zero-order valence-corrected chi connectivity index (χ0v) is 22.1. The molecule has 3 aromatic carbocycles. The molecule has 0 aromatic heterocycles. The Balaban J connectivity index is 1.38. The second-order valence-electron chi connectivity index (χ2n) is 8.23. The lowest BCUT2D eigenvalue weighted by Gasteiger charge is -2.14. The number of rotatable bonds is 9. The Morgan fingerprint density at radius 2 is 1.59 bits per heavy atom. The molecule has 1 aliphatic heterocycles. The summed E-state index contributed by atoms with van der Waals surface area (Å²) in [7, 11) is -2.53. The molecule has 1 aliphatic rings. The van der Waals surface area contributed by atoms with Crippen molar-refractivity contribution >= 4 is 39.1 Å². The number of imide groups is 1. The van der Waals surface area contributed by atoms with Gasteiger partial charge in [-0.25, -0.2) is 0 Å². The summed E-state index contributed by atoms with van der Waals surface area (Å²) in [6.07, 6.45) is 1.58. The molecule has 2 amide bonds. The molecule has 10 heteroatoms. The lowest BCUT2D eigenvalue weighted by Crippen LogP contribution is -2.32. The molecule has 37 heavy (non-hydrogen) atoms. The SMILES string of the molecule is COc1ccc(S(=O)(=O)Oc2ccc(/C=C3\SC(=O)N(CCOc4cc(C)ccc4C)C3=O)cc2)cc1. The topological polar surface area (TPSA) is 99.2 Å². The quantitative estimate of drug-likeness (QED) is 0.270.